The maximum absolute atomic E-state index is 12.0. The van der Waals surface area contributed by atoms with Crippen LogP contribution in [-0.4, -0.2) is 43.7 Å². The normalized spacial score (nSPS) is 15.5. The molecular weight excluding hydrogens is 286 g/mol. The molecule has 1 aliphatic rings. The van der Waals surface area contributed by atoms with Crippen LogP contribution in [0.1, 0.15) is 13.3 Å². The summed E-state index contributed by atoms with van der Waals surface area (Å²) in [5.74, 6) is 0.478. The van der Waals surface area contributed by atoms with E-state index in [-0.39, 0.29) is 17.9 Å². The number of carbonyl (C=O) groups excluding carboxylic acids is 2. The number of fused-ring (bicyclic) bond motifs is 1. The minimum Gasteiger partial charge on any atom is -0.354 e. The second-order valence-corrected chi connectivity index (χ2v) is 6.06. The first-order valence-electron chi connectivity index (χ1n) is 7.08. The summed E-state index contributed by atoms with van der Waals surface area (Å²) in [6, 6.07) is 8.06. The van der Waals surface area contributed by atoms with Crippen LogP contribution >= 0.6 is 11.8 Å². The van der Waals surface area contributed by atoms with Gasteiger partial charge in [0.2, 0.25) is 11.8 Å². The molecule has 0 aromatic heterocycles. The van der Waals surface area contributed by atoms with E-state index in [0.29, 0.717) is 25.3 Å². The molecule has 0 saturated carbocycles. The van der Waals surface area contributed by atoms with E-state index in [2.05, 4.69) is 10.6 Å². The summed E-state index contributed by atoms with van der Waals surface area (Å²) in [4.78, 5) is 26.7. The fourth-order valence-corrected chi connectivity index (χ4v) is 3.01. The van der Waals surface area contributed by atoms with Crippen LogP contribution in [0.15, 0.2) is 29.2 Å². The topological polar surface area (TPSA) is 61.4 Å². The van der Waals surface area contributed by atoms with Crippen LogP contribution in [-0.2, 0) is 9.59 Å². The molecule has 114 valence electrons. The lowest BCUT2D eigenvalue weighted by Crippen LogP contribution is -2.41. The smallest absolute Gasteiger partial charge is 0.237 e. The van der Waals surface area contributed by atoms with E-state index in [4.69, 9.17) is 0 Å². The number of nitrogens with one attached hydrogen (secondary N) is 2. The van der Waals surface area contributed by atoms with Gasteiger partial charge in [0, 0.05) is 30.4 Å². The van der Waals surface area contributed by atoms with Gasteiger partial charge in [-0.3, -0.25) is 9.59 Å². The molecule has 0 fully saturated rings. The van der Waals surface area contributed by atoms with Crippen LogP contribution in [0.2, 0.25) is 0 Å². The Morgan fingerprint density at radius 3 is 2.95 bits per heavy atom. The van der Waals surface area contributed by atoms with Crippen molar-refractivity contribution in [2.45, 2.75) is 24.3 Å². The zero-order valence-corrected chi connectivity index (χ0v) is 13.2. The second-order valence-electron chi connectivity index (χ2n) is 5.05. The Morgan fingerprint density at radius 2 is 2.19 bits per heavy atom. The van der Waals surface area contributed by atoms with Crippen molar-refractivity contribution in [3.05, 3.63) is 24.3 Å². The van der Waals surface area contributed by atoms with E-state index in [1.54, 1.807) is 16.7 Å². The zero-order chi connectivity index (χ0) is 15.2. The molecule has 0 aliphatic carbocycles. The molecule has 0 spiro atoms. The summed E-state index contributed by atoms with van der Waals surface area (Å²) >= 11 is 1.55. The number of para-hydroxylation sites is 1. The Kier molecular flexibility index (Phi) is 5.64. The van der Waals surface area contributed by atoms with E-state index in [9.17, 15) is 9.59 Å². The van der Waals surface area contributed by atoms with Crippen molar-refractivity contribution in [3.8, 4) is 0 Å². The molecule has 1 aromatic rings. The number of hydrogen-bond donors (Lipinski definition) is 2. The average Bonchev–Trinajstić information content (AvgIpc) is 2.51. The molecule has 6 heteroatoms. The van der Waals surface area contributed by atoms with Gasteiger partial charge in [-0.2, -0.15) is 0 Å². The molecule has 5 nitrogen and oxygen atoms in total. The molecule has 21 heavy (non-hydrogen) atoms. The molecule has 0 saturated heterocycles. The number of nitrogens with zero attached hydrogens (tertiary/aromatic N) is 1. The van der Waals surface area contributed by atoms with Crippen LogP contribution in [0.25, 0.3) is 0 Å². The summed E-state index contributed by atoms with van der Waals surface area (Å²) in [5.41, 5.74) is 0.912. The Balaban J connectivity index is 1.91. The van der Waals surface area contributed by atoms with E-state index >= 15 is 0 Å². The quantitative estimate of drug-likeness (QED) is 0.830. The van der Waals surface area contributed by atoms with Crippen molar-refractivity contribution < 1.29 is 9.59 Å². The lowest BCUT2D eigenvalue weighted by Gasteiger charge is -2.28. The Labute approximate surface area is 129 Å². The standard InChI is InChI=1S/C15H21N3O2S/c1-11(16-2)9-17-14(19)7-8-18-12-5-3-4-6-13(12)21-10-15(18)20/h3-6,11,16H,7-10H2,1-2H3,(H,17,19). The number of benzene rings is 1. The zero-order valence-electron chi connectivity index (χ0n) is 12.4. The highest BCUT2D eigenvalue weighted by Crippen LogP contribution is 2.34. The van der Waals surface area contributed by atoms with Crippen molar-refractivity contribution in [3.63, 3.8) is 0 Å². The molecule has 0 radical (unpaired) electrons. The molecule has 0 bridgehead atoms. The molecule has 1 heterocycles. The number of likely N-dealkylation sites (N-methyl/N-ethyl adjacent to an activating group) is 1. The van der Waals surface area contributed by atoms with Crippen LogP contribution in [0.5, 0.6) is 0 Å². The Hall–Kier alpha value is -1.53. The summed E-state index contributed by atoms with van der Waals surface area (Å²) in [7, 11) is 1.86. The van der Waals surface area contributed by atoms with Crippen molar-refractivity contribution in [1.29, 1.82) is 0 Å². The maximum Gasteiger partial charge on any atom is 0.237 e. The first-order valence-corrected chi connectivity index (χ1v) is 8.06. The molecule has 2 rings (SSSR count). The lowest BCUT2D eigenvalue weighted by atomic mass is 10.2. The van der Waals surface area contributed by atoms with Crippen LogP contribution < -0.4 is 15.5 Å². The fraction of sp³-hybridized carbons (Fsp3) is 0.467. The minimum atomic E-state index is -0.0272. The molecule has 1 aromatic carbocycles. The van der Waals surface area contributed by atoms with Crippen molar-refractivity contribution in [2.75, 3.05) is 30.8 Å². The number of carbonyl (C=O) groups is 2. The van der Waals surface area contributed by atoms with Gasteiger partial charge in [-0.05, 0) is 26.1 Å². The van der Waals surface area contributed by atoms with E-state index in [1.165, 1.54) is 0 Å². The van der Waals surface area contributed by atoms with Crippen LogP contribution in [0.4, 0.5) is 5.69 Å². The first-order chi connectivity index (χ1) is 10.1. The van der Waals surface area contributed by atoms with Gasteiger partial charge in [-0.25, -0.2) is 0 Å². The molecule has 1 unspecified atom stereocenters. The monoisotopic (exact) mass is 307 g/mol. The van der Waals surface area contributed by atoms with Crippen LogP contribution in [0.3, 0.4) is 0 Å². The highest BCUT2D eigenvalue weighted by atomic mass is 32.2. The average molecular weight is 307 g/mol. The van der Waals surface area contributed by atoms with Gasteiger partial charge in [0.25, 0.3) is 0 Å². The molecule has 1 atom stereocenters. The van der Waals surface area contributed by atoms with Gasteiger partial charge in [-0.1, -0.05) is 12.1 Å². The number of anilines is 1. The SMILES string of the molecule is CNC(C)CNC(=O)CCN1C(=O)CSc2ccccc21. The third-order valence-electron chi connectivity index (χ3n) is 3.47. The van der Waals surface area contributed by atoms with E-state index in [1.807, 2.05) is 38.2 Å². The highest BCUT2D eigenvalue weighted by molar-refractivity contribution is 8.00. The predicted octanol–water partition coefficient (Wildman–Crippen LogP) is 1.24. The second kappa shape index (κ2) is 7.47. The molecular formula is C15H21N3O2S. The Bertz CT molecular complexity index is 521. The first kappa shape index (κ1) is 15.9. The highest BCUT2D eigenvalue weighted by Gasteiger charge is 2.24. The number of hydrogen-bond acceptors (Lipinski definition) is 4. The lowest BCUT2D eigenvalue weighted by molar-refractivity contribution is -0.121. The van der Waals surface area contributed by atoms with Crippen molar-refractivity contribution in [2.24, 2.45) is 0 Å². The van der Waals surface area contributed by atoms with E-state index in [0.717, 1.165) is 10.6 Å². The molecule has 2 N–H and O–H groups in total. The largest absolute Gasteiger partial charge is 0.354 e. The summed E-state index contributed by atoms with van der Waals surface area (Å²) in [6.07, 6.45) is 0.321. The van der Waals surface area contributed by atoms with Gasteiger partial charge in [0.1, 0.15) is 0 Å². The van der Waals surface area contributed by atoms with E-state index < -0.39 is 0 Å². The minimum absolute atomic E-state index is 0.0272. The van der Waals surface area contributed by atoms with Crippen molar-refractivity contribution in [1.82, 2.24) is 10.6 Å². The summed E-state index contributed by atoms with van der Waals surface area (Å²) in [6.45, 7) is 3.02. The van der Waals surface area contributed by atoms with Gasteiger partial charge in [0.15, 0.2) is 0 Å². The third-order valence-corrected chi connectivity index (χ3v) is 4.52. The number of thioether (sulfide) groups is 1. The number of amides is 2. The Morgan fingerprint density at radius 1 is 1.43 bits per heavy atom. The third kappa shape index (κ3) is 4.22. The van der Waals surface area contributed by atoms with Crippen LogP contribution in [0, 0.1) is 0 Å². The van der Waals surface area contributed by atoms with Crippen molar-refractivity contribution >= 4 is 29.3 Å². The number of rotatable bonds is 6. The molecule has 1 aliphatic heterocycles. The fourth-order valence-electron chi connectivity index (χ4n) is 2.07. The summed E-state index contributed by atoms with van der Waals surface area (Å²) < 4.78 is 0. The van der Waals surface area contributed by atoms with Gasteiger partial charge < -0.3 is 15.5 Å². The van der Waals surface area contributed by atoms with Gasteiger partial charge >= 0.3 is 0 Å². The molecule has 2 amide bonds. The van der Waals surface area contributed by atoms with Gasteiger partial charge in [0.05, 0.1) is 11.4 Å². The maximum atomic E-state index is 12.0. The van der Waals surface area contributed by atoms with Gasteiger partial charge in [-0.15, -0.1) is 11.8 Å². The summed E-state index contributed by atoms with van der Waals surface area (Å²) in [5, 5.41) is 5.93. The predicted molar refractivity (Wildman–Crippen MR) is 85.7 cm³/mol.